The lowest BCUT2D eigenvalue weighted by Crippen LogP contribution is -1.94. The molecule has 0 radical (unpaired) electrons. The van der Waals surface area contributed by atoms with Crippen LogP contribution in [-0.4, -0.2) is 4.98 Å². The number of aromatic nitrogens is 1. The highest BCUT2D eigenvalue weighted by molar-refractivity contribution is 9.11. The predicted molar refractivity (Wildman–Crippen MR) is 48.8 cm³/mol. The third kappa shape index (κ3) is 1.70. The van der Waals surface area contributed by atoms with Crippen LogP contribution in [0.2, 0.25) is 0 Å². The van der Waals surface area contributed by atoms with Gasteiger partial charge in [0.25, 0.3) is 0 Å². The molecule has 0 aliphatic heterocycles. The summed E-state index contributed by atoms with van der Waals surface area (Å²) in [5.41, 5.74) is 6.30. The van der Waals surface area contributed by atoms with Gasteiger partial charge in [-0.15, -0.1) is 0 Å². The van der Waals surface area contributed by atoms with Crippen LogP contribution in [0.5, 0.6) is 0 Å². The molecule has 0 bridgehead atoms. The van der Waals surface area contributed by atoms with Gasteiger partial charge in [0.2, 0.25) is 0 Å². The summed E-state index contributed by atoms with van der Waals surface area (Å²) in [6.07, 6.45) is 0. The molecule has 0 fully saturated rings. The van der Waals surface area contributed by atoms with E-state index >= 15 is 0 Å². The van der Waals surface area contributed by atoms with E-state index in [0.29, 0.717) is 20.5 Å². The number of halogens is 2. The molecule has 56 valence electrons. The molecule has 1 aromatic rings. The van der Waals surface area contributed by atoms with E-state index < -0.39 is 0 Å². The second kappa shape index (κ2) is 3.20. The van der Waals surface area contributed by atoms with Gasteiger partial charge in [-0.1, -0.05) is 0 Å². The molecule has 1 heterocycles. The van der Waals surface area contributed by atoms with Gasteiger partial charge < -0.3 is 5.73 Å². The van der Waals surface area contributed by atoms with Gasteiger partial charge in [0, 0.05) is 0 Å². The van der Waals surface area contributed by atoms with Crippen molar-refractivity contribution in [2.45, 2.75) is 0 Å². The lowest BCUT2D eigenvalue weighted by atomic mass is 10.2. The smallest absolute Gasteiger partial charge is 0.131 e. The monoisotopic (exact) mass is 275 g/mol. The average molecular weight is 277 g/mol. The fourth-order valence-electron chi connectivity index (χ4n) is 0.587. The highest BCUT2D eigenvalue weighted by Crippen LogP contribution is 2.23. The lowest BCUT2D eigenvalue weighted by Gasteiger charge is -1.99. The molecule has 0 saturated heterocycles. The number of pyridine rings is 1. The Labute approximate surface area is 80.5 Å². The Morgan fingerprint density at radius 2 is 2.18 bits per heavy atom. The van der Waals surface area contributed by atoms with Crippen molar-refractivity contribution in [3.63, 3.8) is 0 Å². The van der Waals surface area contributed by atoms with Crippen molar-refractivity contribution in [2.75, 3.05) is 5.73 Å². The third-order valence-electron chi connectivity index (χ3n) is 1.10. The third-order valence-corrected chi connectivity index (χ3v) is 2.11. The largest absolute Gasteiger partial charge is 0.395 e. The highest BCUT2D eigenvalue weighted by atomic mass is 79.9. The van der Waals surface area contributed by atoms with Crippen LogP contribution in [0.15, 0.2) is 15.3 Å². The zero-order valence-corrected chi connectivity index (χ0v) is 8.48. The fourth-order valence-corrected chi connectivity index (χ4v) is 1.64. The van der Waals surface area contributed by atoms with Gasteiger partial charge >= 0.3 is 0 Å². The van der Waals surface area contributed by atoms with Crippen molar-refractivity contribution in [2.24, 2.45) is 0 Å². The minimum Gasteiger partial charge on any atom is -0.395 e. The molecule has 0 spiro atoms. The molecular weight excluding hydrogens is 274 g/mol. The number of rotatable bonds is 0. The summed E-state index contributed by atoms with van der Waals surface area (Å²) in [7, 11) is 0. The molecule has 1 rings (SSSR count). The lowest BCUT2D eigenvalue weighted by molar-refractivity contribution is 1.22. The average Bonchev–Trinajstić information content (AvgIpc) is 1.96. The number of anilines is 1. The van der Waals surface area contributed by atoms with Gasteiger partial charge in [-0.2, -0.15) is 5.26 Å². The molecule has 1 aromatic heterocycles. The number of hydrogen-bond acceptors (Lipinski definition) is 3. The highest BCUT2D eigenvalue weighted by Gasteiger charge is 2.04. The van der Waals surface area contributed by atoms with Gasteiger partial charge in [0.15, 0.2) is 0 Å². The SMILES string of the molecule is N#Cc1cc(Br)nc(Br)c1N. The first kappa shape index (κ1) is 8.50. The van der Waals surface area contributed by atoms with Crippen molar-refractivity contribution in [3.8, 4) is 6.07 Å². The van der Waals surface area contributed by atoms with E-state index in [1.54, 1.807) is 6.07 Å². The first-order chi connectivity index (χ1) is 5.15. The summed E-state index contributed by atoms with van der Waals surface area (Å²) in [5, 5.41) is 8.57. The minimum absolute atomic E-state index is 0.371. The molecule has 0 aliphatic carbocycles. The Hall–Kier alpha value is -0.600. The maximum atomic E-state index is 8.57. The normalized spacial score (nSPS) is 9.18. The molecule has 0 unspecified atom stereocenters. The molecule has 0 saturated carbocycles. The Balaban J connectivity index is 3.39. The van der Waals surface area contributed by atoms with Crippen LogP contribution < -0.4 is 5.73 Å². The molecule has 0 aliphatic rings. The van der Waals surface area contributed by atoms with Crippen molar-refractivity contribution in [1.29, 1.82) is 5.26 Å². The second-order valence-corrected chi connectivity index (χ2v) is 3.37. The predicted octanol–water partition coefficient (Wildman–Crippen LogP) is 2.06. The molecule has 11 heavy (non-hydrogen) atoms. The number of nitrogen functional groups attached to an aromatic ring is 1. The molecule has 5 heteroatoms. The van der Waals surface area contributed by atoms with Gasteiger partial charge in [0.05, 0.1) is 11.3 Å². The van der Waals surface area contributed by atoms with E-state index in [9.17, 15) is 0 Å². The number of nitriles is 1. The first-order valence-electron chi connectivity index (χ1n) is 2.66. The van der Waals surface area contributed by atoms with Gasteiger partial charge in [0.1, 0.15) is 15.3 Å². The second-order valence-electron chi connectivity index (χ2n) is 1.81. The minimum atomic E-state index is 0.371. The molecule has 3 nitrogen and oxygen atoms in total. The Kier molecular flexibility index (Phi) is 2.47. The molecule has 0 atom stereocenters. The van der Waals surface area contributed by atoms with Crippen molar-refractivity contribution in [3.05, 3.63) is 20.8 Å². The van der Waals surface area contributed by atoms with E-state index in [4.69, 9.17) is 11.0 Å². The van der Waals surface area contributed by atoms with Crippen LogP contribution >= 0.6 is 31.9 Å². The summed E-state index contributed by atoms with van der Waals surface area (Å²) in [6, 6.07) is 3.52. The summed E-state index contributed by atoms with van der Waals surface area (Å²) < 4.78 is 1.08. The summed E-state index contributed by atoms with van der Waals surface area (Å²) in [5.74, 6) is 0. The van der Waals surface area contributed by atoms with E-state index in [1.807, 2.05) is 6.07 Å². The maximum Gasteiger partial charge on any atom is 0.131 e. The standard InChI is InChI=1S/C6H3Br2N3/c7-4-1-3(2-9)5(10)6(8)11-4/h1H,10H2. The quantitative estimate of drug-likeness (QED) is 0.738. The molecule has 2 N–H and O–H groups in total. The zero-order valence-electron chi connectivity index (χ0n) is 5.31. The van der Waals surface area contributed by atoms with Crippen LogP contribution in [0, 0.1) is 11.3 Å². The van der Waals surface area contributed by atoms with Crippen LogP contribution in [0.4, 0.5) is 5.69 Å². The summed E-state index contributed by atoms with van der Waals surface area (Å²) in [6.45, 7) is 0. The molecule has 0 amide bonds. The van der Waals surface area contributed by atoms with Crippen LogP contribution in [-0.2, 0) is 0 Å². The van der Waals surface area contributed by atoms with Gasteiger partial charge in [-0.25, -0.2) is 4.98 Å². The van der Waals surface area contributed by atoms with Crippen LogP contribution in [0.25, 0.3) is 0 Å². The first-order valence-corrected chi connectivity index (χ1v) is 4.25. The molecular formula is C6H3Br2N3. The van der Waals surface area contributed by atoms with E-state index in [1.165, 1.54) is 0 Å². The van der Waals surface area contributed by atoms with Gasteiger partial charge in [-0.3, -0.25) is 0 Å². The van der Waals surface area contributed by atoms with Crippen LogP contribution in [0.3, 0.4) is 0 Å². The topological polar surface area (TPSA) is 62.7 Å². The number of hydrogen-bond donors (Lipinski definition) is 1. The van der Waals surface area contributed by atoms with E-state index in [-0.39, 0.29) is 0 Å². The van der Waals surface area contributed by atoms with E-state index in [0.717, 1.165) is 0 Å². The Morgan fingerprint density at radius 3 is 2.73 bits per heavy atom. The van der Waals surface area contributed by atoms with Gasteiger partial charge in [-0.05, 0) is 37.9 Å². The van der Waals surface area contributed by atoms with Crippen molar-refractivity contribution >= 4 is 37.5 Å². The Bertz CT molecular complexity index is 329. The molecule has 0 aromatic carbocycles. The number of nitrogens with zero attached hydrogens (tertiary/aromatic N) is 2. The summed E-state index contributed by atoms with van der Waals surface area (Å²) in [4.78, 5) is 3.94. The van der Waals surface area contributed by atoms with Crippen molar-refractivity contribution < 1.29 is 0 Å². The van der Waals surface area contributed by atoms with Crippen molar-refractivity contribution in [1.82, 2.24) is 4.98 Å². The zero-order chi connectivity index (χ0) is 8.43. The number of nitrogens with two attached hydrogens (primary N) is 1. The Morgan fingerprint density at radius 1 is 1.55 bits per heavy atom. The fraction of sp³-hybridized carbons (Fsp3) is 0. The van der Waals surface area contributed by atoms with E-state index in [2.05, 4.69) is 36.8 Å². The maximum absolute atomic E-state index is 8.57. The van der Waals surface area contributed by atoms with Crippen LogP contribution in [0.1, 0.15) is 5.56 Å². The summed E-state index contributed by atoms with van der Waals surface area (Å²) >= 11 is 6.26.